The summed E-state index contributed by atoms with van der Waals surface area (Å²) in [6.07, 6.45) is 2.34. The first-order valence-electron chi connectivity index (χ1n) is 8.50. The van der Waals surface area contributed by atoms with Gasteiger partial charge in [0.25, 0.3) is 5.91 Å². The molecule has 0 radical (unpaired) electrons. The molecule has 0 aromatic carbocycles. The molecule has 6 nitrogen and oxygen atoms in total. The predicted molar refractivity (Wildman–Crippen MR) is 84.3 cm³/mol. The van der Waals surface area contributed by atoms with Crippen LogP contribution in [0.4, 0.5) is 4.39 Å². The van der Waals surface area contributed by atoms with Crippen molar-refractivity contribution in [3.05, 3.63) is 11.6 Å². The largest absolute Gasteiger partial charge is 0.332 e. The van der Waals surface area contributed by atoms with E-state index in [2.05, 4.69) is 40.6 Å². The number of nitrogens with zero attached hydrogens (tertiary/aromatic N) is 5. The van der Waals surface area contributed by atoms with Crippen molar-refractivity contribution in [2.24, 2.45) is 0 Å². The van der Waals surface area contributed by atoms with E-state index in [4.69, 9.17) is 0 Å². The average Bonchev–Trinajstić information content (AvgIpc) is 2.72. The fourth-order valence-electron chi connectivity index (χ4n) is 3.10. The molecule has 1 aliphatic heterocycles. The fourth-order valence-corrected chi connectivity index (χ4v) is 3.10. The molecule has 128 valence electrons. The number of rotatable bonds is 4. The molecule has 1 fully saturated rings. The minimum absolute atomic E-state index is 0.360. The molecule has 1 aromatic rings. The molecule has 0 saturated heterocycles. The molecule has 0 atom stereocenters. The molecule has 1 saturated carbocycles. The van der Waals surface area contributed by atoms with Crippen LogP contribution in [0.25, 0.3) is 0 Å². The van der Waals surface area contributed by atoms with Crippen molar-refractivity contribution in [2.45, 2.75) is 70.9 Å². The van der Waals surface area contributed by atoms with E-state index in [0.717, 1.165) is 37.6 Å². The van der Waals surface area contributed by atoms with Crippen LogP contribution in [0, 0.1) is 0 Å². The summed E-state index contributed by atoms with van der Waals surface area (Å²) >= 11 is 0. The molecule has 1 amide bonds. The highest BCUT2D eigenvalue weighted by molar-refractivity contribution is 5.86. The molecule has 2 heterocycles. The van der Waals surface area contributed by atoms with E-state index in [1.807, 2.05) is 0 Å². The molecule has 0 N–H and O–H groups in total. The van der Waals surface area contributed by atoms with Gasteiger partial charge in [0, 0.05) is 19.1 Å². The van der Waals surface area contributed by atoms with Crippen LogP contribution in [0.15, 0.2) is 0 Å². The molecule has 2 aliphatic rings. The van der Waals surface area contributed by atoms with Crippen LogP contribution >= 0.6 is 0 Å². The number of hydrogen-bond acceptors (Lipinski definition) is 4. The first-order chi connectivity index (χ1) is 10.9. The summed E-state index contributed by atoms with van der Waals surface area (Å²) in [5.74, 6) is 1.33. The van der Waals surface area contributed by atoms with E-state index in [1.165, 1.54) is 0 Å². The summed E-state index contributed by atoms with van der Waals surface area (Å²) in [4.78, 5) is 16.3. The normalized spacial score (nSPS) is 20.3. The second-order valence-corrected chi connectivity index (χ2v) is 7.09. The highest BCUT2D eigenvalue weighted by Gasteiger charge is 2.47. The molecule has 1 aliphatic carbocycles. The Morgan fingerprint density at radius 2 is 2.04 bits per heavy atom. The zero-order chi connectivity index (χ0) is 16.6. The van der Waals surface area contributed by atoms with Crippen molar-refractivity contribution in [3.8, 4) is 0 Å². The summed E-state index contributed by atoms with van der Waals surface area (Å²) in [5.41, 5.74) is -1.63. The summed E-state index contributed by atoms with van der Waals surface area (Å²) in [5, 5.41) is 8.55. The number of fused-ring (bicyclic) bond motifs is 1. The van der Waals surface area contributed by atoms with Crippen LogP contribution in [0.5, 0.6) is 0 Å². The molecule has 23 heavy (non-hydrogen) atoms. The molecule has 1 aromatic heterocycles. The maximum Gasteiger partial charge on any atom is 0.260 e. The topological polar surface area (TPSA) is 54.3 Å². The Bertz CT molecular complexity index is 581. The van der Waals surface area contributed by atoms with E-state index < -0.39 is 5.67 Å². The Kier molecular flexibility index (Phi) is 4.40. The number of aromatic nitrogens is 3. The van der Waals surface area contributed by atoms with Gasteiger partial charge in [-0.05, 0) is 46.6 Å². The molecule has 0 bridgehead atoms. The van der Waals surface area contributed by atoms with Crippen molar-refractivity contribution in [2.75, 3.05) is 13.6 Å². The monoisotopic (exact) mass is 323 g/mol. The Labute approximate surface area is 136 Å². The van der Waals surface area contributed by atoms with Crippen LogP contribution in [0.1, 0.15) is 51.2 Å². The molecular formula is C16H26FN5O. The first kappa shape index (κ1) is 16.4. The lowest BCUT2D eigenvalue weighted by Crippen LogP contribution is -2.50. The number of hydrogen-bond donors (Lipinski definition) is 0. The van der Waals surface area contributed by atoms with Crippen molar-refractivity contribution in [3.63, 3.8) is 0 Å². The SMILES string of the molecule is CC(C)N(C)Cc1nnc2n1CCCN(C(=O)C1(F)CCC1)C2. The van der Waals surface area contributed by atoms with Gasteiger partial charge < -0.3 is 9.47 Å². The second kappa shape index (κ2) is 6.19. The lowest BCUT2D eigenvalue weighted by Gasteiger charge is -2.36. The van der Waals surface area contributed by atoms with Crippen LogP contribution in [0.2, 0.25) is 0 Å². The summed E-state index contributed by atoms with van der Waals surface area (Å²) < 4.78 is 16.5. The van der Waals surface area contributed by atoms with Gasteiger partial charge in [0.05, 0.1) is 13.1 Å². The van der Waals surface area contributed by atoms with E-state index in [0.29, 0.717) is 32.0 Å². The van der Waals surface area contributed by atoms with Crippen molar-refractivity contribution < 1.29 is 9.18 Å². The van der Waals surface area contributed by atoms with Crippen LogP contribution in [-0.2, 0) is 24.4 Å². The molecule has 0 unspecified atom stereocenters. The van der Waals surface area contributed by atoms with Crippen molar-refractivity contribution in [1.29, 1.82) is 0 Å². The Balaban J connectivity index is 1.74. The van der Waals surface area contributed by atoms with Crippen molar-refractivity contribution in [1.82, 2.24) is 24.6 Å². The van der Waals surface area contributed by atoms with Gasteiger partial charge in [-0.15, -0.1) is 10.2 Å². The van der Waals surface area contributed by atoms with Gasteiger partial charge in [-0.2, -0.15) is 0 Å². The quantitative estimate of drug-likeness (QED) is 0.847. The van der Waals surface area contributed by atoms with Crippen LogP contribution < -0.4 is 0 Å². The van der Waals surface area contributed by atoms with Gasteiger partial charge >= 0.3 is 0 Å². The number of carbonyl (C=O) groups excluding carboxylic acids is 1. The lowest BCUT2D eigenvalue weighted by molar-refractivity contribution is -0.150. The van der Waals surface area contributed by atoms with Gasteiger partial charge in [-0.1, -0.05) is 0 Å². The highest BCUT2D eigenvalue weighted by atomic mass is 19.1. The molecule has 7 heteroatoms. The third-order valence-corrected chi connectivity index (χ3v) is 5.13. The van der Waals surface area contributed by atoms with Gasteiger partial charge in [-0.25, -0.2) is 4.39 Å². The number of halogens is 1. The van der Waals surface area contributed by atoms with Crippen molar-refractivity contribution >= 4 is 5.91 Å². The Hall–Kier alpha value is -1.50. The standard InChI is InChI=1S/C16H26FN5O/c1-12(2)20(3)10-13-18-19-14-11-21(8-5-9-22(13)14)15(23)16(17)6-4-7-16/h12H,4-11H2,1-3H3. The third-order valence-electron chi connectivity index (χ3n) is 5.13. The smallest absolute Gasteiger partial charge is 0.260 e. The fraction of sp³-hybridized carbons (Fsp3) is 0.812. The first-order valence-corrected chi connectivity index (χ1v) is 8.50. The zero-order valence-corrected chi connectivity index (χ0v) is 14.3. The minimum atomic E-state index is -1.63. The number of carbonyl (C=O) groups is 1. The minimum Gasteiger partial charge on any atom is -0.332 e. The molecular weight excluding hydrogens is 297 g/mol. The zero-order valence-electron chi connectivity index (χ0n) is 14.3. The van der Waals surface area contributed by atoms with Crippen LogP contribution in [0.3, 0.4) is 0 Å². The van der Waals surface area contributed by atoms with Gasteiger partial charge in [0.15, 0.2) is 11.5 Å². The number of amides is 1. The summed E-state index contributed by atoms with van der Waals surface area (Å²) in [7, 11) is 2.06. The van der Waals surface area contributed by atoms with E-state index in [-0.39, 0.29) is 5.91 Å². The van der Waals surface area contributed by atoms with Gasteiger partial charge in [0.1, 0.15) is 5.82 Å². The second-order valence-electron chi connectivity index (χ2n) is 7.09. The third kappa shape index (κ3) is 3.11. The number of alkyl halides is 1. The maximum absolute atomic E-state index is 14.4. The van der Waals surface area contributed by atoms with Gasteiger partial charge in [-0.3, -0.25) is 9.69 Å². The Morgan fingerprint density at radius 3 is 2.65 bits per heavy atom. The average molecular weight is 323 g/mol. The van der Waals surface area contributed by atoms with E-state index >= 15 is 0 Å². The highest BCUT2D eigenvalue weighted by Crippen LogP contribution is 2.38. The molecule has 0 spiro atoms. The lowest BCUT2D eigenvalue weighted by atomic mass is 9.81. The van der Waals surface area contributed by atoms with Crippen LogP contribution in [-0.4, -0.2) is 55.8 Å². The predicted octanol–water partition coefficient (Wildman–Crippen LogP) is 1.74. The van der Waals surface area contributed by atoms with E-state index in [9.17, 15) is 9.18 Å². The molecule has 3 rings (SSSR count). The van der Waals surface area contributed by atoms with Gasteiger partial charge in [0.2, 0.25) is 0 Å². The summed E-state index contributed by atoms with van der Waals surface area (Å²) in [6, 6.07) is 0.428. The van der Waals surface area contributed by atoms with E-state index in [1.54, 1.807) is 4.90 Å². The maximum atomic E-state index is 14.4. The summed E-state index contributed by atoms with van der Waals surface area (Å²) in [6.45, 7) is 6.74. The Morgan fingerprint density at radius 1 is 1.30 bits per heavy atom.